The van der Waals surface area contributed by atoms with Gasteiger partial charge in [0.15, 0.2) is 0 Å². The van der Waals surface area contributed by atoms with Crippen LogP contribution in [0, 0.1) is 0 Å². The van der Waals surface area contributed by atoms with E-state index in [2.05, 4.69) is 5.32 Å². The molecule has 18 heavy (non-hydrogen) atoms. The Morgan fingerprint density at radius 2 is 1.50 bits per heavy atom. The lowest BCUT2D eigenvalue weighted by molar-refractivity contribution is 0.452. The molecule has 0 aromatic heterocycles. The van der Waals surface area contributed by atoms with Gasteiger partial charge in [-0.3, -0.25) is 0 Å². The third kappa shape index (κ3) is 4.87. The van der Waals surface area contributed by atoms with Gasteiger partial charge in [-0.05, 0) is 58.0 Å². The molecule has 0 heterocycles. The summed E-state index contributed by atoms with van der Waals surface area (Å²) in [4.78, 5) is 0. The van der Waals surface area contributed by atoms with Crippen LogP contribution in [0.1, 0.15) is 70.6 Å². The Hall–Kier alpha value is -0.120. The van der Waals surface area contributed by atoms with Crippen molar-refractivity contribution in [2.45, 2.75) is 81.7 Å². The molecule has 106 valence electrons. The first-order valence-corrected chi connectivity index (χ1v) is 7.92. The van der Waals surface area contributed by atoms with Crippen LogP contribution in [0.2, 0.25) is 0 Å². The fraction of sp³-hybridized carbons (Fsp3) is 1.00. The van der Waals surface area contributed by atoms with E-state index < -0.39 is 0 Å². The highest BCUT2D eigenvalue weighted by molar-refractivity contribution is 5.01. The molecule has 2 aliphatic carbocycles. The van der Waals surface area contributed by atoms with Crippen molar-refractivity contribution in [3.8, 4) is 0 Å². The third-order valence-corrected chi connectivity index (χ3v) is 4.72. The predicted molar refractivity (Wildman–Crippen MR) is 77.5 cm³/mol. The Labute approximate surface area is 112 Å². The van der Waals surface area contributed by atoms with Crippen LogP contribution in [0.3, 0.4) is 0 Å². The van der Waals surface area contributed by atoms with Crippen LogP contribution < -0.4 is 16.8 Å². The minimum absolute atomic E-state index is 0.266. The number of unbranched alkanes of at least 4 members (excludes halogenated alkanes) is 4. The molecule has 0 amide bonds. The molecule has 0 unspecified atom stereocenters. The zero-order chi connectivity index (χ0) is 12.9. The van der Waals surface area contributed by atoms with Gasteiger partial charge in [0.1, 0.15) is 0 Å². The van der Waals surface area contributed by atoms with Crippen LogP contribution in [-0.2, 0) is 0 Å². The highest BCUT2D eigenvalue weighted by atomic mass is 15.0. The summed E-state index contributed by atoms with van der Waals surface area (Å²) in [5.41, 5.74) is 12.4. The minimum Gasteiger partial charge on any atom is -0.330 e. The normalized spacial score (nSPS) is 23.0. The van der Waals surface area contributed by atoms with Crippen LogP contribution in [0.25, 0.3) is 0 Å². The van der Waals surface area contributed by atoms with Gasteiger partial charge in [-0.15, -0.1) is 0 Å². The topological polar surface area (TPSA) is 64.1 Å². The van der Waals surface area contributed by atoms with Crippen molar-refractivity contribution in [1.29, 1.82) is 0 Å². The molecule has 0 spiro atoms. The lowest BCUT2D eigenvalue weighted by Gasteiger charge is -2.16. The zero-order valence-electron chi connectivity index (χ0n) is 11.8. The van der Waals surface area contributed by atoms with Gasteiger partial charge in [0.05, 0.1) is 0 Å². The molecule has 0 radical (unpaired) electrons. The highest BCUT2D eigenvalue weighted by Crippen LogP contribution is 2.38. The molecule has 2 fully saturated rings. The summed E-state index contributed by atoms with van der Waals surface area (Å²) in [7, 11) is 0. The minimum atomic E-state index is 0.266. The number of rotatable bonds is 11. The van der Waals surface area contributed by atoms with E-state index in [0.717, 1.165) is 13.0 Å². The SMILES string of the molecule is NCCC1(NCCCCCCCC2(N)CC2)CC1. The van der Waals surface area contributed by atoms with Gasteiger partial charge in [-0.2, -0.15) is 0 Å². The molecule has 2 rings (SSSR count). The van der Waals surface area contributed by atoms with Crippen LogP contribution >= 0.6 is 0 Å². The number of hydrogen-bond donors (Lipinski definition) is 3. The maximum atomic E-state index is 6.07. The largest absolute Gasteiger partial charge is 0.330 e. The summed E-state index contributed by atoms with van der Waals surface area (Å²) in [6.07, 6.45) is 14.4. The molecule has 2 aliphatic rings. The van der Waals surface area contributed by atoms with Crippen molar-refractivity contribution >= 4 is 0 Å². The number of nitrogens with one attached hydrogen (secondary N) is 1. The predicted octanol–water partition coefficient (Wildman–Crippen LogP) is 2.29. The van der Waals surface area contributed by atoms with Gasteiger partial charge in [-0.1, -0.05) is 25.7 Å². The van der Waals surface area contributed by atoms with Crippen molar-refractivity contribution in [3.05, 3.63) is 0 Å². The fourth-order valence-electron chi connectivity index (χ4n) is 2.84. The second-order valence-corrected chi connectivity index (χ2v) is 6.63. The molecule has 0 bridgehead atoms. The van der Waals surface area contributed by atoms with E-state index in [1.54, 1.807) is 0 Å². The summed E-state index contributed by atoms with van der Waals surface area (Å²) < 4.78 is 0. The van der Waals surface area contributed by atoms with E-state index in [0.29, 0.717) is 5.54 Å². The standard InChI is InChI=1S/C15H31N3/c16-12-11-15(9-10-15)18-13-5-3-1-2-4-6-14(17)7-8-14/h18H,1-13,16-17H2. The van der Waals surface area contributed by atoms with Crippen molar-refractivity contribution in [2.24, 2.45) is 11.5 Å². The first-order chi connectivity index (χ1) is 8.68. The summed E-state index contributed by atoms with van der Waals surface area (Å²) in [5.74, 6) is 0. The van der Waals surface area contributed by atoms with Gasteiger partial charge in [0.2, 0.25) is 0 Å². The molecule has 3 nitrogen and oxygen atoms in total. The average molecular weight is 253 g/mol. The Morgan fingerprint density at radius 1 is 0.833 bits per heavy atom. The number of nitrogens with two attached hydrogens (primary N) is 2. The molecule has 0 aromatic rings. The van der Waals surface area contributed by atoms with Crippen molar-refractivity contribution in [3.63, 3.8) is 0 Å². The Bertz CT molecular complexity index is 244. The van der Waals surface area contributed by atoms with Crippen LogP contribution in [0.15, 0.2) is 0 Å². The lowest BCUT2D eigenvalue weighted by atomic mass is 10.1. The second kappa shape index (κ2) is 6.36. The molecular weight excluding hydrogens is 222 g/mol. The summed E-state index contributed by atoms with van der Waals surface area (Å²) in [5, 5.41) is 3.70. The zero-order valence-corrected chi connectivity index (χ0v) is 11.8. The summed E-state index contributed by atoms with van der Waals surface area (Å²) in [6.45, 7) is 2.01. The molecule has 3 heteroatoms. The second-order valence-electron chi connectivity index (χ2n) is 6.63. The van der Waals surface area contributed by atoms with E-state index in [1.807, 2.05) is 0 Å². The molecular formula is C15H31N3. The van der Waals surface area contributed by atoms with Crippen LogP contribution in [0.4, 0.5) is 0 Å². The fourth-order valence-corrected chi connectivity index (χ4v) is 2.84. The van der Waals surface area contributed by atoms with Crippen LogP contribution in [-0.4, -0.2) is 24.2 Å². The third-order valence-electron chi connectivity index (χ3n) is 4.72. The Balaban J connectivity index is 1.35. The lowest BCUT2D eigenvalue weighted by Crippen LogP contribution is -2.34. The van der Waals surface area contributed by atoms with Crippen molar-refractivity contribution in [1.82, 2.24) is 5.32 Å². The van der Waals surface area contributed by atoms with Gasteiger partial charge < -0.3 is 16.8 Å². The molecule has 0 atom stereocenters. The van der Waals surface area contributed by atoms with Crippen molar-refractivity contribution in [2.75, 3.05) is 13.1 Å². The van der Waals surface area contributed by atoms with Gasteiger partial charge >= 0.3 is 0 Å². The molecule has 2 saturated carbocycles. The van der Waals surface area contributed by atoms with E-state index in [-0.39, 0.29) is 5.54 Å². The van der Waals surface area contributed by atoms with Gasteiger partial charge in [-0.25, -0.2) is 0 Å². The smallest absolute Gasteiger partial charge is 0.0194 e. The first kappa shape index (κ1) is 14.3. The summed E-state index contributed by atoms with van der Waals surface area (Å²) >= 11 is 0. The van der Waals surface area contributed by atoms with Crippen molar-refractivity contribution < 1.29 is 0 Å². The van der Waals surface area contributed by atoms with E-state index in [4.69, 9.17) is 11.5 Å². The van der Waals surface area contributed by atoms with E-state index in [9.17, 15) is 0 Å². The quantitative estimate of drug-likeness (QED) is 0.495. The van der Waals surface area contributed by atoms with E-state index >= 15 is 0 Å². The average Bonchev–Trinajstić information content (AvgIpc) is 3.24. The summed E-state index contributed by atoms with van der Waals surface area (Å²) in [6, 6.07) is 0. The Kier molecular flexibility index (Phi) is 5.05. The molecule has 0 saturated heterocycles. The highest BCUT2D eigenvalue weighted by Gasteiger charge is 2.40. The monoisotopic (exact) mass is 253 g/mol. The molecule has 0 aliphatic heterocycles. The van der Waals surface area contributed by atoms with E-state index in [1.165, 1.54) is 70.8 Å². The van der Waals surface area contributed by atoms with Gasteiger partial charge in [0, 0.05) is 11.1 Å². The first-order valence-electron chi connectivity index (χ1n) is 7.92. The van der Waals surface area contributed by atoms with Crippen LogP contribution in [0.5, 0.6) is 0 Å². The van der Waals surface area contributed by atoms with Gasteiger partial charge in [0.25, 0.3) is 0 Å². The Morgan fingerprint density at radius 3 is 2.11 bits per heavy atom. The molecule has 5 N–H and O–H groups in total. The molecule has 0 aromatic carbocycles. The number of hydrogen-bond acceptors (Lipinski definition) is 3. The maximum absolute atomic E-state index is 6.07. The maximum Gasteiger partial charge on any atom is 0.0194 e.